The molecule has 1 aliphatic rings. The molecule has 1 aliphatic heterocycles. The number of ketones is 1. The molecule has 12 heteroatoms. The zero-order valence-corrected chi connectivity index (χ0v) is 18.2. The number of para-hydroxylation sites is 1. The number of carboxylic acid groups (broad SMARTS) is 1. The summed E-state index contributed by atoms with van der Waals surface area (Å²) in [6.07, 6.45) is 0.901. The van der Waals surface area contributed by atoms with Crippen LogP contribution in [0.2, 0.25) is 5.82 Å². The number of carbonyl (C=O) groups is 2. The van der Waals surface area contributed by atoms with Crippen molar-refractivity contribution in [3.8, 4) is 5.75 Å². The maximum atomic E-state index is 13.0. The standard InChI is InChI=1S/C18H19BBrN3O6S/c20-5-2-6-28-23-15(13-9-30-18(21)22-13)14(24)8-11-7-10-3-1-4-12(17(25)26)16(10)29-19(11)27/h1,3-4,9,11,27H,2,5-8H2,(H2,21,22)(H,25,26)/b23-15-/t11-/m1/s1. The smallest absolute Gasteiger partial charge is 0.526 e. The molecule has 1 atom stereocenters. The first-order valence-corrected chi connectivity index (χ1v) is 11.1. The summed E-state index contributed by atoms with van der Waals surface area (Å²) in [6.45, 7) is 0.322. The van der Waals surface area contributed by atoms with Gasteiger partial charge in [0.1, 0.15) is 18.1 Å². The van der Waals surface area contributed by atoms with Crippen LogP contribution in [0.3, 0.4) is 0 Å². The maximum absolute atomic E-state index is 13.0. The van der Waals surface area contributed by atoms with Gasteiger partial charge in [0.25, 0.3) is 0 Å². The van der Waals surface area contributed by atoms with Gasteiger partial charge >= 0.3 is 13.1 Å². The molecule has 0 saturated carbocycles. The number of oxime groups is 1. The highest BCUT2D eigenvalue weighted by Crippen LogP contribution is 2.36. The van der Waals surface area contributed by atoms with Crippen LogP contribution in [0.5, 0.6) is 5.75 Å². The van der Waals surface area contributed by atoms with Gasteiger partial charge in [-0.3, -0.25) is 4.79 Å². The number of nitrogens with two attached hydrogens (primary N) is 1. The average molecular weight is 496 g/mol. The number of aromatic nitrogens is 1. The van der Waals surface area contributed by atoms with Crippen LogP contribution in [0.1, 0.15) is 34.5 Å². The van der Waals surface area contributed by atoms with Crippen LogP contribution < -0.4 is 10.4 Å². The summed E-state index contributed by atoms with van der Waals surface area (Å²) in [4.78, 5) is 33.7. The number of rotatable bonds is 9. The summed E-state index contributed by atoms with van der Waals surface area (Å²) in [5.41, 5.74) is 6.59. The SMILES string of the molecule is Nc1nc(/C(=N/OCCCBr)C(=O)C[C@H]2Cc3cccc(C(=O)O)c3OB2O)cs1. The summed E-state index contributed by atoms with van der Waals surface area (Å²) in [6, 6.07) is 4.72. The number of Topliss-reactive ketones (excluding diaryl/α,β-unsaturated/α-hetero) is 1. The van der Waals surface area contributed by atoms with E-state index in [1.807, 2.05) is 0 Å². The van der Waals surface area contributed by atoms with Gasteiger partial charge in [0.05, 0.1) is 5.56 Å². The number of thiazole rings is 1. The molecule has 0 spiro atoms. The summed E-state index contributed by atoms with van der Waals surface area (Å²) < 4.78 is 5.45. The number of nitrogens with zero attached hydrogens (tertiary/aromatic N) is 2. The van der Waals surface area contributed by atoms with Crippen LogP contribution >= 0.6 is 27.3 Å². The fourth-order valence-electron chi connectivity index (χ4n) is 3.03. The number of benzene rings is 1. The lowest BCUT2D eigenvalue weighted by atomic mass is 9.64. The second-order valence-electron chi connectivity index (χ2n) is 6.59. The number of nitrogen functional groups attached to an aromatic ring is 1. The molecule has 2 aromatic rings. The Balaban J connectivity index is 1.78. The van der Waals surface area contributed by atoms with Crippen molar-refractivity contribution in [1.29, 1.82) is 0 Å². The van der Waals surface area contributed by atoms with Crippen molar-refractivity contribution in [3.05, 3.63) is 40.4 Å². The summed E-state index contributed by atoms with van der Waals surface area (Å²) in [5.74, 6) is -1.99. The van der Waals surface area contributed by atoms with E-state index in [2.05, 4.69) is 26.1 Å². The van der Waals surface area contributed by atoms with Crippen LogP contribution in [-0.4, -0.2) is 51.6 Å². The van der Waals surface area contributed by atoms with Gasteiger partial charge < -0.3 is 25.4 Å². The molecular weight excluding hydrogens is 477 g/mol. The van der Waals surface area contributed by atoms with E-state index in [9.17, 15) is 19.7 Å². The lowest BCUT2D eigenvalue weighted by Gasteiger charge is -2.28. The van der Waals surface area contributed by atoms with Crippen LogP contribution in [0, 0.1) is 0 Å². The van der Waals surface area contributed by atoms with Gasteiger partial charge in [-0.25, -0.2) is 9.78 Å². The number of hydrogen-bond donors (Lipinski definition) is 3. The molecule has 30 heavy (non-hydrogen) atoms. The fraction of sp³-hybridized carbons (Fsp3) is 0.333. The number of hydrogen-bond acceptors (Lipinski definition) is 9. The molecule has 0 aliphatic carbocycles. The van der Waals surface area contributed by atoms with E-state index >= 15 is 0 Å². The van der Waals surface area contributed by atoms with Gasteiger partial charge in [0.2, 0.25) is 0 Å². The number of aromatic carboxylic acids is 1. The first kappa shape index (κ1) is 22.3. The zero-order chi connectivity index (χ0) is 21.7. The van der Waals surface area contributed by atoms with Gasteiger partial charge in [0, 0.05) is 22.9 Å². The number of carboxylic acids is 1. The largest absolute Gasteiger partial charge is 0.535 e. The molecule has 0 unspecified atom stereocenters. The Hall–Kier alpha value is -2.44. The topological polar surface area (TPSA) is 144 Å². The zero-order valence-electron chi connectivity index (χ0n) is 15.8. The molecule has 0 bridgehead atoms. The summed E-state index contributed by atoms with van der Waals surface area (Å²) in [5, 5.41) is 26.3. The predicted molar refractivity (Wildman–Crippen MR) is 117 cm³/mol. The number of alkyl halides is 1. The first-order chi connectivity index (χ1) is 14.4. The van der Waals surface area contributed by atoms with E-state index in [4.69, 9.17) is 15.2 Å². The normalized spacial score (nSPS) is 16.0. The van der Waals surface area contributed by atoms with Crippen molar-refractivity contribution in [2.24, 2.45) is 5.16 Å². The number of anilines is 1. The van der Waals surface area contributed by atoms with E-state index in [-0.39, 0.29) is 35.6 Å². The molecule has 158 valence electrons. The number of carbonyl (C=O) groups excluding carboxylic acids is 1. The van der Waals surface area contributed by atoms with Crippen LogP contribution in [0.4, 0.5) is 5.13 Å². The van der Waals surface area contributed by atoms with Crippen LogP contribution in [0.15, 0.2) is 28.7 Å². The minimum atomic E-state index is -1.34. The Kier molecular flexibility index (Phi) is 7.45. The number of halogens is 1. The van der Waals surface area contributed by atoms with Crippen molar-refractivity contribution in [2.75, 3.05) is 17.7 Å². The Labute approximate surface area is 185 Å². The molecule has 4 N–H and O–H groups in total. The van der Waals surface area contributed by atoms with Gasteiger partial charge in [-0.15, -0.1) is 11.3 Å². The highest BCUT2D eigenvalue weighted by Gasteiger charge is 2.38. The van der Waals surface area contributed by atoms with E-state index in [1.165, 1.54) is 17.4 Å². The summed E-state index contributed by atoms with van der Waals surface area (Å²) in [7, 11) is -1.34. The van der Waals surface area contributed by atoms with Gasteiger partial charge in [0.15, 0.2) is 16.6 Å². The Morgan fingerprint density at radius 2 is 2.27 bits per heavy atom. The second-order valence-corrected chi connectivity index (χ2v) is 8.27. The molecule has 0 amide bonds. The summed E-state index contributed by atoms with van der Waals surface area (Å²) >= 11 is 4.47. The third-order valence-electron chi connectivity index (χ3n) is 4.45. The van der Waals surface area contributed by atoms with E-state index in [1.54, 1.807) is 17.5 Å². The van der Waals surface area contributed by atoms with Crippen molar-refractivity contribution < 1.29 is 29.2 Å². The van der Waals surface area contributed by atoms with Gasteiger partial charge in [-0.2, -0.15) is 0 Å². The maximum Gasteiger partial charge on any atom is 0.526 e. The minimum Gasteiger partial charge on any atom is -0.535 e. The highest BCUT2D eigenvalue weighted by molar-refractivity contribution is 9.09. The fourth-order valence-corrected chi connectivity index (χ4v) is 3.80. The van der Waals surface area contributed by atoms with Crippen LogP contribution in [0.25, 0.3) is 0 Å². The Morgan fingerprint density at radius 3 is 2.93 bits per heavy atom. The first-order valence-electron chi connectivity index (χ1n) is 9.11. The van der Waals surface area contributed by atoms with Crippen molar-refractivity contribution >= 4 is 57.0 Å². The predicted octanol–water partition coefficient (Wildman–Crippen LogP) is 2.37. The lowest BCUT2D eigenvalue weighted by molar-refractivity contribution is -0.113. The molecule has 3 rings (SSSR count). The third-order valence-corrected chi connectivity index (χ3v) is 5.69. The Bertz CT molecular complexity index is 969. The van der Waals surface area contributed by atoms with Gasteiger partial charge in [-0.05, 0) is 24.5 Å². The minimum absolute atomic E-state index is 0.0230. The molecule has 0 radical (unpaired) electrons. The monoisotopic (exact) mass is 495 g/mol. The highest BCUT2D eigenvalue weighted by atomic mass is 79.9. The average Bonchev–Trinajstić information content (AvgIpc) is 3.13. The van der Waals surface area contributed by atoms with Crippen LogP contribution in [-0.2, 0) is 16.1 Å². The molecule has 0 saturated heterocycles. The molecular formula is C18H19BBrN3O6S. The van der Waals surface area contributed by atoms with E-state index in [0.717, 1.165) is 5.33 Å². The molecule has 9 nitrogen and oxygen atoms in total. The van der Waals surface area contributed by atoms with Crippen molar-refractivity contribution in [3.63, 3.8) is 0 Å². The molecule has 1 aromatic heterocycles. The molecule has 2 heterocycles. The van der Waals surface area contributed by atoms with Crippen molar-refractivity contribution in [2.45, 2.75) is 25.1 Å². The van der Waals surface area contributed by atoms with Crippen molar-refractivity contribution in [1.82, 2.24) is 4.98 Å². The van der Waals surface area contributed by atoms with Gasteiger partial charge in [-0.1, -0.05) is 33.2 Å². The molecule has 1 aromatic carbocycles. The molecule has 0 fully saturated rings. The number of fused-ring (bicyclic) bond motifs is 1. The van der Waals surface area contributed by atoms with E-state index in [0.29, 0.717) is 29.4 Å². The Morgan fingerprint density at radius 1 is 1.47 bits per heavy atom. The second kappa shape index (κ2) is 10.0. The quantitative estimate of drug-likeness (QED) is 0.158. The lowest BCUT2D eigenvalue weighted by Crippen LogP contribution is -2.36. The van der Waals surface area contributed by atoms with E-state index < -0.39 is 18.9 Å². The third kappa shape index (κ3) is 5.18.